The van der Waals surface area contributed by atoms with Gasteiger partial charge in [-0.15, -0.1) is 0 Å². The molecule has 2 N–H and O–H groups in total. The van der Waals surface area contributed by atoms with E-state index in [0.717, 1.165) is 11.1 Å². The second kappa shape index (κ2) is 11.0. The van der Waals surface area contributed by atoms with Crippen molar-refractivity contribution in [2.75, 3.05) is 14.2 Å². The van der Waals surface area contributed by atoms with Crippen LogP contribution >= 0.6 is 0 Å². The normalized spacial score (nSPS) is 22.6. The van der Waals surface area contributed by atoms with Crippen LogP contribution in [0, 0.1) is 25.2 Å². The van der Waals surface area contributed by atoms with Crippen LogP contribution < -0.4 is 18.9 Å². The monoisotopic (exact) mass is 611 g/mol. The molecule has 5 aromatic carbocycles. The summed E-state index contributed by atoms with van der Waals surface area (Å²) in [5.74, 6) is 1.99. The fraction of sp³-hybridized carbons (Fsp3) is 0.205. The zero-order chi connectivity index (χ0) is 32.2. The van der Waals surface area contributed by atoms with Crippen molar-refractivity contribution < 1.29 is 29.2 Å². The molecule has 4 atom stereocenters. The van der Waals surface area contributed by atoms with Gasteiger partial charge in [-0.2, -0.15) is 5.26 Å². The molecule has 2 aliphatic rings. The number of fused-ring (bicyclic) bond motifs is 2. The molecule has 7 rings (SSSR count). The summed E-state index contributed by atoms with van der Waals surface area (Å²) in [4.78, 5) is 0. The van der Waals surface area contributed by atoms with Crippen molar-refractivity contribution in [3.8, 4) is 29.1 Å². The number of rotatable bonds is 6. The number of benzene rings is 5. The molecule has 0 aromatic heterocycles. The molecule has 5 aromatic rings. The predicted molar refractivity (Wildman–Crippen MR) is 172 cm³/mol. The highest BCUT2D eigenvalue weighted by molar-refractivity contribution is 5.63. The van der Waals surface area contributed by atoms with E-state index in [1.54, 1.807) is 50.6 Å². The van der Waals surface area contributed by atoms with Crippen LogP contribution in [0.2, 0.25) is 0 Å². The summed E-state index contributed by atoms with van der Waals surface area (Å²) in [7, 11) is 3.15. The van der Waals surface area contributed by atoms with E-state index in [1.807, 2.05) is 80.6 Å². The van der Waals surface area contributed by atoms with Gasteiger partial charge in [0.25, 0.3) is 0 Å². The summed E-state index contributed by atoms with van der Waals surface area (Å²) in [6.45, 7) is 3.98. The number of hydrogen-bond acceptors (Lipinski definition) is 7. The molecular formula is C39H33NO6. The zero-order valence-electron chi connectivity index (χ0n) is 25.9. The largest absolute Gasteiger partial charge is 0.497 e. The minimum Gasteiger partial charge on any atom is -0.497 e. The number of ether oxygens (including phenoxy) is 4. The van der Waals surface area contributed by atoms with E-state index in [4.69, 9.17) is 18.9 Å². The first kappa shape index (κ1) is 29.4. The second-order valence-electron chi connectivity index (χ2n) is 12.0. The number of nitriles is 1. The molecule has 0 fully saturated rings. The first-order valence-corrected chi connectivity index (χ1v) is 15.0. The zero-order valence-corrected chi connectivity index (χ0v) is 25.9. The summed E-state index contributed by atoms with van der Waals surface area (Å²) in [5, 5.41) is 35.1. The van der Waals surface area contributed by atoms with E-state index in [2.05, 4.69) is 6.07 Å². The third-order valence-corrected chi connectivity index (χ3v) is 9.15. The molecule has 0 saturated heterocycles. The fourth-order valence-corrected chi connectivity index (χ4v) is 6.62. The van der Waals surface area contributed by atoms with Crippen molar-refractivity contribution in [2.24, 2.45) is 0 Å². The van der Waals surface area contributed by atoms with E-state index in [-0.39, 0.29) is 0 Å². The van der Waals surface area contributed by atoms with Crippen LogP contribution in [0.25, 0.3) is 0 Å². The van der Waals surface area contributed by atoms with E-state index in [9.17, 15) is 15.5 Å². The summed E-state index contributed by atoms with van der Waals surface area (Å²) in [5.41, 5.74) is 2.95. The van der Waals surface area contributed by atoms with Gasteiger partial charge in [-0.3, -0.25) is 0 Å². The van der Waals surface area contributed by atoms with Crippen LogP contribution in [0.5, 0.6) is 23.0 Å². The molecule has 7 nitrogen and oxygen atoms in total. The first-order chi connectivity index (χ1) is 22.2. The fourth-order valence-electron chi connectivity index (χ4n) is 6.62. The maximum atomic E-state index is 12.9. The van der Waals surface area contributed by atoms with Crippen LogP contribution in [-0.4, -0.2) is 24.4 Å². The maximum absolute atomic E-state index is 12.9. The Bertz CT molecular complexity index is 1960. The Morgan fingerprint density at radius 1 is 0.609 bits per heavy atom. The highest BCUT2D eigenvalue weighted by atomic mass is 16.5. The minimum absolute atomic E-state index is 0.431. The topological polar surface area (TPSA) is 101 Å². The maximum Gasteiger partial charge on any atom is 0.161 e. The molecule has 0 bridgehead atoms. The Labute approximate surface area is 267 Å². The molecular weight excluding hydrogens is 578 g/mol. The van der Waals surface area contributed by atoms with Crippen molar-refractivity contribution in [3.63, 3.8) is 0 Å². The van der Waals surface area contributed by atoms with Crippen LogP contribution in [0.3, 0.4) is 0 Å². The Morgan fingerprint density at radius 2 is 1.07 bits per heavy atom. The molecule has 4 unspecified atom stereocenters. The van der Waals surface area contributed by atoms with Gasteiger partial charge >= 0.3 is 0 Å². The highest BCUT2D eigenvalue weighted by Crippen LogP contribution is 2.60. The van der Waals surface area contributed by atoms with Gasteiger partial charge in [-0.25, -0.2) is 0 Å². The van der Waals surface area contributed by atoms with Crippen molar-refractivity contribution in [1.29, 1.82) is 5.26 Å². The molecule has 0 radical (unpaired) electrons. The van der Waals surface area contributed by atoms with Crippen LogP contribution in [-0.2, 0) is 11.2 Å². The summed E-state index contributed by atoms with van der Waals surface area (Å²) in [6.07, 6.45) is -1.70. The van der Waals surface area contributed by atoms with Gasteiger partial charge < -0.3 is 29.2 Å². The SMILES string of the molecule is COc1cc(OC)cc(C2Oc3cc4c(cc3C2(O)c2ccc(C)cc2)C(O)(c2ccc(C)cc2)C(c2ccc(C#N)cc2)O4)c1. The van der Waals surface area contributed by atoms with Crippen LogP contribution in [0.15, 0.2) is 103 Å². The lowest BCUT2D eigenvalue weighted by molar-refractivity contribution is -0.0119. The van der Waals surface area contributed by atoms with Gasteiger partial charge in [0.1, 0.15) is 23.0 Å². The second-order valence-corrected chi connectivity index (χ2v) is 12.0. The number of nitrogens with zero attached hydrogens (tertiary/aromatic N) is 1. The third kappa shape index (κ3) is 4.49. The highest BCUT2D eigenvalue weighted by Gasteiger charge is 2.55. The lowest BCUT2D eigenvalue weighted by Crippen LogP contribution is -2.34. The Kier molecular flexibility index (Phi) is 7.01. The Balaban J connectivity index is 1.44. The number of aliphatic hydroxyl groups is 2. The van der Waals surface area contributed by atoms with Gasteiger partial charge in [-0.05, 0) is 60.9 Å². The third-order valence-electron chi connectivity index (χ3n) is 9.15. The summed E-state index contributed by atoms with van der Waals surface area (Å²) >= 11 is 0. The standard InChI is InChI=1S/C39H33NO6/c1-23-5-13-28(14-6-23)38(41)32-20-33-35(21-34(32)45-36(38)26-11-9-25(22-40)10-12-26)46-37(27-17-30(43-3)19-31(18-27)44-4)39(33,42)29-15-7-24(2)8-16-29/h5-21,36-37,41-42H,1-4H3. The van der Waals surface area contributed by atoms with Gasteiger partial charge in [-0.1, -0.05) is 71.8 Å². The summed E-state index contributed by atoms with van der Waals surface area (Å²) in [6, 6.07) is 33.5. The summed E-state index contributed by atoms with van der Waals surface area (Å²) < 4.78 is 24.3. The van der Waals surface area contributed by atoms with Crippen molar-refractivity contribution in [3.05, 3.63) is 153 Å². The Hall–Kier alpha value is -5.29. The molecule has 0 aliphatic carbocycles. The average Bonchev–Trinajstić information content (AvgIpc) is 3.55. The molecule has 0 amide bonds. The van der Waals surface area contributed by atoms with Gasteiger partial charge in [0.05, 0.1) is 25.9 Å². The number of methoxy groups -OCH3 is 2. The molecule has 2 aliphatic heterocycles. The van der Waals surface area contributed by atoms with Gasteiger partial charge in [0, 0.05) is 28.8 Å². The predicted octanol–water partition coefficient (Wildman–Crippen LogP) is 6.93. The number of hydrogen-bond donors (Lipinski definition) is 2. The van der Waals surface area contributed by atoms with Crippen molar-refractivity contribution in [2.45, 2.75) is 37.3 Å². The van der Waals surface area contributed by atoms with Gasteiger partial charge in [0.2, 0.25) is 0 Å². The van der Waals surface area contributed by atoms with Crippen LogP contribution in [0.4, 0.5) is 0 Å². The molecule has 230 valence electrons. The average molecular weight is 612 g/mol. The molecule has 0 saturated carbocycles. The lowest BCUT2D eigenvalue weighted by Gasteiger charge is -2.32. The van der Waals surface area contributed by atoms with Crippen LogP contribution in [0.1, 0.15) is 62.3 Å². The molecule has 2 heterocycles. The quantitative estimate of drug-likeness (QED) is 0.215. The van der Waals surface area contributed by atoms with Crippen molar-refractivity contribution in [1.82, 2.24) is 0 Å². The first-order valence-electron chi connectivity index (χ1n) is 15.0. The van der Waals surface area contributed by atoms with Gasteiger partial charge in [0.15, 0.2) is 23.4 Å². The smallest absolute Gasteiger partial charge is 0.161 e. The molecule has 46 heavy (non-hydrogen) atoms. The molecule has 7 heteroatoms. The minimum atomic E-state index is -1.66. The molecule has 0 spiro atoms. The Morgan fingerprint density at radius 3 is 1.50 bits per heavy atom. The number of aryl methyl sites for hydroxylation is 2. The lowest BCUT2D eigenvalue weighted by atomic mass is 9.76. The van der Waals surface area contributed by atoms with E-state index in [1.165, 1.54) is 0 Å². The van der Waals surface area contributed by atoms with Crippen molar-refractivity contribution >= 4 is 0 Å². The van der Waals surface area contributed by atoms with E-state index < -0.39 is 23.4 Å². The van der Waals surface area contributed by atoms with E-state index in [0.29, 0.717) is 61.9 Å². The van der Waals surface area contributed by atoms with E-state index >= 15 is 0 Å².